The second-order valence-electron chi connectivity index (χ2n) is 25.6. The fourth-order valence-corrected chi connectivity index (χ4v) is 11.6. The van der Waals surface area contributed by atoms with Crippen molar-refractivity contribution in [2.75, 3.05) is 13.2 Å². The Morgan fingerprint density at radius 3 is 0.952 bits per heavy atom. The summed E-state index contributed by atoms with van der Waals surface area (Å²) >= 11 is 0. The van der Waals surface area contributed by atoms with Crippen molar-refractivity contribution in [1.82, 2.24) is 5.32 Å². The van der Waals surface area contributed by atoms with Gasteiger partial charge in [-0.3, -0.25) is 9.59 Å². The van der Waals surface area contributed by atoms with Crippen molar-refractivity contribution in [2.45, 2.75) is 418 Å². The van der Waals surface area contributed by atoms with Gasteiger partial charge in [0.15, 0.2) is 0 Å². The number of nitrogens with one attached hydrogen (secondary N) is 1. The Kier molecular flexibility index (Phi) is 70.4. The van der Waals surface area contributed by atoms with Crippen LogP contribution in [0.5, 0.6) is 0 Å². The number of carbonyl (C=O) groups is 2. The Hall–Kier alpha value is -2.18. The van der Waals surface area contributed by atoms with Gasteiger partial charge in [0.05, 0.1) is 25.4 Å². The highest BCUT2D eigenvalue weighted by Crippen LogP contribution is 2.19. The highest BCUT2D eigenvalue weighted by Gasteiger charge is 2.20. The first kappa shape index (κ1) is 80.8. The number of amides is 1. The monoisotopic (exact) mass is 1160 g/mol. The van der Waals surface area contributed by atoms with Gasteiger partial charge in [0.25, 0.3) is 0 Å². The summed E-state index contributed by atoms with van der Waals surface area (Å²) in [6.45, 7) is 4.94. The van der Waals surface area contributed by atoms with Crippen molar-refractivity contribution in [3.63, 3.8) is 0 Å². The molecule has 0 aromatic carbocycles. The molecule has 0 bridgehead atoms. The van der Waals surface area contributed by atoms with Crippen LogP contribution in [0, 0.1) is 0 Å². The zero-order chi connectivity index (χ0) is 59.9. The van der Waals surface area contributed by atoms with E-state index in [0.29, 0.717) is 25.9 Å². The second kappa shape index (κ2) is 72.3. The maximum atomic E-state index is 12.5. The van der Waals surface area contributed by atoms with E-state index >= 15 is 0 Å². The van der Waals surface area contributed by atoms with E-state index in [-0.39, 0.29) is 18.5 Å². The average molecular weight is 1170 g/mol. The summed E-state index contributed by atoms with van der Waals surface area (Å²) in [7, 11) is 0. The molecule has 0 fully saturated rings. The largest absolute Gasteiger partial charge is 0.466 e. The molecule has 3 N–H and O–H groups in total. The summed E-state index contributed by atoms with van der Waals surface area (Å²) in [6, 6.07) is -0.540. The molecule has 488 valence electrons. The van der Waals surface area contributed by atoms with Crippen LogP contribution in [0.2, 0.25) is 0 Å². The summed E-state index contributed by atoms with van der Waals surface area (Å²) in [5.74, 6) is -0.0271. The van der Waals surface area contributed by atoms with Crippen LogP contribution in [0.15, 0.2) is 48.6 Å². The quantitative estimate of drug-likeness (QED) is 0.0320. The lowest BCUT2D eigenvalue weighted by Crippen LogP contribution is -2.45. The summed E-state index contributed by atoms with van der Waals surface area (Å²) < 4.78 is 5.48. The molecule has 6 heteroatoms. The van der Waals surface area contributed by atoms with Crippen LogP contribution >= 0.6 is 0 Å². The number of esters is 1. The first-order chi connectivity index (χ1) is 41.0. The highest BCUT2D eigenvalue weighted by atomic mass is 16.5. The second-order valence-corrected chi connectivity index (χ2v) is 25.6. The number of ether oxygens (including phenoxy) is 1. The zero-order valence-corrected chi connectivity index (χ0v) is 55.9. The lowest BCUT2D eigenvalue weighted by molar-refractivity contribution is -0.143. The molecular weight excluding hydrogens is 1020 g/mol. The molecule has 1 amide bonds. The van der Waals surface area contributed by atoms with Gasteiger partial charge in [-0.05, 0) is 83.5 Å². The van der Waals surface area contributed by atoms with Gasteiger partial charge >= 0.3 is 5.97 Å². The Labute approximate surface area is 518 Å². The minimum atomic E-state index is -0.663. The van der Waals surface area contributed by atoms with Gasteiger partial charge in [0.2, 0.25) is 5.91 Å². The number of carbonyl (C=O) groups excluding carboxylic acids is 2. The van der Waals surface area contributed by atoms with Gasteiger partial charge in [-0.2, -0.15) is 0 Å². The first-order valence-corrected chi connectivity index (χ1v) is 37.4. The number of unbranched alkanes of at least 4 members (excludes halogenated alkanes) is 51. The number of aliphatic hydroxyl groups is 2. The molecule has 0 saturated heterocycles. The molecule has 0 saturated carbocycles. The minimum Gasteiger partial charge on any atom is -0.466 e. The van der Waals surface area contributed by atoms with E-state index in [0.717, 1.165) is 57.8 Å². The Morgan fingerprint density at radius 2 is 0.614 bits per heavy atom. The van der Waals surface area contributed by atoms with E-state index in [2.05, 4.69) is 67.8 Å². The lowest BCUT2D eigenvalue weighted by atomic mass is 10.0. The summed E-state index contributed by atoms with van der Waals surface area (Å²) in [5.41, 5.74) is 0. The molecule has 0 aromatic heterocycles. The standard InChI is InChI=1S/C77H145NO5/c1-3-5-7-9-11-13-15-17-19-39-42-45-49-53-57-61-65-69-75(80)74(73-79)78-76(81)70-66-62-58-54-50-46-43-40-37-35-33-31-29-27-25-23-21-20-22-24-26-28-30-32-34-36-38-41-44-48-52-56-60-64-68-72-83-77(82)71-67-63-59-55-51-47-18-16-14-12-10-8-6-4-2/h10,12,16,18,22,24,28,30,74-75,79-80H,3-9,11,13-15,17,19-21,23,25-27,29,31-73H2,1-2H3,(H,78,81)/b12-10-,18-16-,24-22-,30-28-. The molecule has 0 heterocycles. The third-order valence-electron chi connectivity index (χ3n) is 17.4. The first-order valence-electron chi connectivity index (χ1n) is 37.4. The fraction of sp³-hybridized carbons (Fsp3) is 0.870. The van der Waals surface area contributed by atoms with E-state index in [9.17, 15) is 19.8 Å². The van der Waals surface area contributed by atoms with Gasteiger partial charge < -0.3 is 20.3 Å². The topological polar surface area (TPSA) is 95.9 Å². The average Bonchev–Trinajstić information content (AvgIpc) is 3.49. The molecule has 0 aliphatic rings. The molecule has 0 aliphatic heterocycles. The number of hydrogen-bond donors (Lipinski definition) is 3. The number of hydrogen-bond acceptors (Lipinski definition) is 5. The van der Waals surface area contributed by atoms with Gasteiger partial charge in [-0.25, -0.2) is 0 Å². The predicted octanol–water partition coefficient (Wildman–Crippen LogP) is 24.4. The van der Waals surface area contributed by atoms with Crippen molar-refractivity contribution in [1.29, 1.82) is 0 Å². The van der Waals surface area contributed by atoms with Gasteiger partial charge in [-0.15, -0.1) is 0 Å². The Bertz CT molecular complexity index is 1390. The lowest BCUT2D eigenvalue weighted by Gasteiger charge is -2.22. The van der Waals surface area contributed by atoms with E-state index < -0.39 is 12.1 Å². The van der Waals surface area contributed by atoms with Crippen LogP contribution in [-0.4, -0.2) is 47.4 Å². The smallest absolute Gasteiger partial charge is 0.305 e. The molecule has 2 atom stereocenters. The Balaban J connectivity index is 3.37. The molecule has 83 heavy (non-hydrogen) atoms. The molecule has 0 aromatic rings. The normalized spacial score (nSPS) is 12.8. The fourth-order valence-electron chi connectivity index (χ4n) is 11.6. The van der Waals surface area contributed by atoms with Gasteiger partial charge in [0, 0.05) is 12.8 Å². The van der Waals surface area contributed by atoms with E-state index in [4.69, 9.17) is 4.74 Å². The summed E-state index contributed by atoms with van der Waals surface area (Å²) in [6.07, 6.45) is 94.7. The predicted molar refractivity (Wildman–Crippen MR) is 366 cm³/mol. The molecule has 2 unspecified atom stereocenters. The third kappa shape index (κ3) is 68.8. The molecular formula is C77H145NO5. The maximum Gasteiger partial charge on any atom is 0.305 e. The van der Waals surface area contributed by atoms with E-state index in [1.807, 2.05) is 0 Å². The minimum absolute atomic E-state index is 0.00227. The van der Waals surface area contributed by atoms with Crippen LogP contribution in [0.4, 0.5) is 0 Å². The zero-order valence-electron chi connectivity index (χ0n) is 55.9. The van der Waals surface area contributed by atoms with Crippen LogP contribution in [0.3, 0.4) is 0 Å². The summed E-state index contributed by atoms with van der Waals surface area (Å²) in [5, 5.41) is 23.4. The van der Waals surface area contributed by atoms with E-state index in [1.54, 1.807) is 0 Å². The van der Waals surface area contributed by atoms with Crippen molar-refractivity contribution >= 4 is 11.9 Å². The van der Waals surface area contributed by atoms with Gasteiger partial charge in [0.1, 0.15) is 0 Å². The molecule has 0 aliphatic carbocycles. The van der Waals surface area contributed by atoms with Crippen LogP contribution in [-0.2, 0) is 14.3 Å². The van der Waals surface area contributed by atoms with Crippen molar-refractivity contribution in [3.8, 4) is 0 Å². The van der Waals surface area contributed by atoms with Crippen molar-refractivity contribution in [3.05, 3.63) is 48.6 Å². The highest BCUT2D eigenvalue weighted by molar-refractivity contribution is 5.76. The van der Waals surface area contributed by atoms with Crippen LogP contribution in [0.1, 0.15) is 406 Å². The third-order valence-corrected chi connectivity index (χ3v) is 17.4. The van der Waals surface area contributed by atoms with Gasteiger partial charge in [-0.1, -0.05) is 358 Å². The van der Waals surface area contributed by atoms with Crippen LogP contribution < -0.4 is 5.32 Å². The molecule has 0 spiro atoms. The summed E-state index contributed by atoms with van der Waals surface area (Å²) in [4.78, 5) is 24.6. The van der Waals surface area contributed by atoms with Crippen LogP contribution in [0.25, 0.3) is 0 Å². The number of allylic oxidation sites excluding steroid dienone is 8. The molecule has 6 nitrogen and oxygen atoms in total. The maximum absolute atomic E-state index is 12.5. The Morgan fingerprint density at radius 1 is 0.337 bits per heavy atom. The molecule has 0 rings (SSSR count). The SMILES string of the molecule is CCCC/C=C\C/C=C\CCCCCCCC(=O)OCCCCCCCCCCCCC/C=C\C/C=C\CCCCCCCCCCCCCCCCCCCC(=O)NC(CO)C(O)CCCCCCCCCCCCCCCCCCC. The molecule has 0 radical (unpaired) electrons. The number of aliphatic hydroxyl groups excluding tert-OH is 2. The van der Waals surface area contributed by atoms with Crippen molar-refractivity contribution in [2.24, 2.45) is 0 Å². The van der Waals surface area contributed by atoms with E-state index in [1.165, 1.54) is 315 Å². The van der Waals surface area contributed by atoms with Crippen molar-refractivity contribution < 1.29 is 24.5 Å². The number of rotatable bonds is 70.